The fourth-order valence-corrected chi connectivity index (χ4v) is 3.34. The maximum absolute atomic E-state index is 12.8. The summed E-state index contributed by atoms with van der Waals surface area (Å²) in [5.74, 6) is 1.24. The summed E-state index contributed by atoms with van der Waals surface area (Å²) in [7, 11) is 0. The Kier molecular flexibility index (Phi) is 6.26. The maximum Gasteiger partial charge on any atom is 0.223 e. The van der Waals surface area contributed by atoms with Crippen molar-refractivity contribution in [1.82, 2.24) is 15.5 Å². The molecule has 3 rings (SSSR count). The minimum atomic E-state index is -0.251. The summed E-state index contributed by atoms with van der Waals surface area (Å²) < 4.78 is 18.5. The van der Waals surface area contributed by atoms with Gasteiger partial charge in [-0.15, -0.1) is 0 Å². The Balaban J connectivity index is 1.31. The topological polar surface area (TPSA) is 53.6 Å². The number of carbonyl (C=O) groups is 1. The van der Waals surface area contributed by atoms with E-state index in [1.165, 1.54) is 12.1 Å². The van der Waals surface area contributed by atoms with Crippen LogP contribution in [0.4, 0.5) is 4.39 Å². The Bertz CT molecular complexity index is 554. The number of benzene rings is 1. The van der Waals surface area contributed by atoms with Gasteiger partial charge in [0.2, 0.25) is 5.91 Å². The second-order valence-electron chi connectivity index (χ2n) is 7.13. The van der Waals surface area contributed by atoms with Gasteiger partial charge in [-0.25, -0.2) is 4.39 Å². The average molecular weight is 349 g/mol. The van der Waals surface area contributed by atoms with Gasteiger partial charge in [-0.3, -0.25) is 9.69 Å². The van der Waals surface area contributed by atoms with Crippen molar-refractivity contribution in [2.24, 2.45) is 11.8 Å². The summed E-state index contributed by atoms with van der Waals surface area (Å²) in [5, 5.41) is 6.44. The highest BCUT2D eigenvalue weighted by Gasteiger charge is 2.30. The third-order valence-corrected chi connectivity index (χ3v) is 5.36. The highest BCUT2D eigenvalue weighted by Crippen LogP contribution is 2.18. The summed E-state index contributed by atoms with van der Waals surface area (Å²) in [6.45, 7) is 7.33. The van der Waals surface area contributed by atoms with Crippen molar-refractivity contribution in [2.75, 3.05) is 39.3 Å². The highest BCUT2D eigenvalue weighted by atomic mass is 19.1. The van der Waals surface area contributed by atoms with Gasteiger partial charge < -0.3 is 15.4 Å². The largest absolute Gasteiger partial charge is 0.492 e. The van der Waals surface area contributed by atoms with Crippen LogP contribution in [0.2, 0.25) is 0 Å². The number of hydrogen-bond donors (Lipinski definition) is 2. The van der Waals surface area contributed by atoms with Crippen LogP contribution in [0.1, 0.15) is 19.8 Å². The number of hydrogen-bond acceptors (Lipinski definition) is 4. The lowest BCUT2D eigenvalue weighted by Crippen LogP contribution is -2.52. The molecule has 0 saturated carbocycles. The first-order valence-electron chi connectivity index (χ1n) is 9.23. The van der Waals surface area contributed by atoms with Crippen LogP contribution in [0.25, 0.3) is 0 Å². The maximum atomic E-state index is 12.8. The molecular formula is C19H28FN3O2. The predicted octanol–water partition coefficient (Wildman–Crippen LogP) is 1.64. The molecular weight excluding hydrogens is 321 g/mol. The van der Waals surface area contributed by atoms with Crippen molar-refractivity contribution in [3.05, 3.63) is 30.1 Å². The zero-order chi connectivity index (χ0) is 17.6. The number of halogens is 1. The van der Waals surface area contributed by atoms with Gasteiger partial charge in [-0.2, -0.15) is 0 Å². The smallest absolute Gasteiger partial charge is 0.223 e. The molecule has 2 fully saturated rings. The first kappa shape index (κ1) is 18.1. The Morgan fingerprint density at radius 3 is 2.60 bits per heavy atom. The van der Waals surface area contributed by atoms with Gasteiger partial charge in [-0.1, -0.05) is 6.92 Å². The summed E-state index contributed by atoms with van der Waals surface area (Å²) >= 11 is 0. The van der Waals surface area contributed by atoms with E-state index in [2.05, 4.69) is 15.5 Å². The summed E-state index contributed by atoms with van der Waals surface area (Å²) in [5.41, 5.74) is 0. The normalized spacial score (nSPS) is 20.7. The SMILES string of the molecule is CC(C(=O)NC1CCN(CCOc2ccc(F)cc2)CC1)C1CNC1. The number of ether oxygens (including phenoxy) is 1. The number of amides is 1. The minimum Gasteiger partial charge on any atom is -0.492 e. The number of likely N-dealkylation sites (tertiary alicyclic amines) is 1. The summed E-state index contributed by atoms with van der Waals surface area (Å²) in [6.07, 6.45) is 1.97. The van der Waals surface area contributed by atoms with E-state index >= 15 is 0 Å². The van der Waals surface area contributed by atoms with Crippen molar-refractivity contribution in [2.45, 2.75) is 25.8 Å². The van der Waals surface area contributed by atoms with E-state index in [1.54, 1.807) is 12.1 Å². The van der Waals surface area contributed by atoms with Gasteiger partial charge in [0.25, 0.3) is 0 Å². The molecule has 0 bridgehead atoms. The van der Waals surface area contributed by atoms with E-state index in [1.807, 2.05) is 6.92 Å². The van der Waals surface area contributed by atoms with Crippen LogP contribution >= 0.6 is 0 Å². The van der Waals surface area contributed by atoms with Crippen molar-refractivity contribution in [1.29, 1.82) is 0 Å². The Hall–Kier alpha value is -1.66. The van der Waals surface area contributed by atoms with Crippen LogP contribution in [0, 0.1) is 17.7 Å². The zero-order valence-corrected chi connectivity index (χ0v) is 14.8. The second kappa shape index (κ2) is 8.63. The van der Waals surface area contributed by atoms with Crippen LogP contribution in [0.15, 0.2) is 24.3 Å². The number of nitrogens with zero attached hydrogens (tertiary/aromatic N) is 1. The molecule has 1 unspecified atom stereocenters. The molecule has 2 aliphatic heterocycles. The lowest BCUT2D eigenvalue weighted by molar-refractivity contribution is -0.127. The quantitative estimate of drug-likeness (QED) is 0.786. The number of rotatable bonds is 7. The third-order valence-electron chi connectivity index (χ3n) is 5.36. The predicted molar refractivity (Wildman–Crippen MR) is 95.0 cm³/mol. The Labute approximate surface area is 148 Å². The monoisotopic (exact) mass is 349 g/mol. The number of piperidine rings is 1. The molecule has 138 valence electrons. The van der Waals surface area contributed by atoms with Crippen LogP contribution in [0.5, 0.6) is 5.75 Å². The van der Waals surface area contributed by atoms with E-state index in [0.717, 1.165) is 45.6 Å². The standard InChI is InChI=1S/C19H28FN3O2/c1-14(15-12-21-13-15)19(24)22-17-6-8-23(9-7-17)10-11-25-18-4-2-16(20)3-5-18/h2-5,14-15,17,21H,6-13H2,1H3,(H,22,24). The lowest BCUT2D eigenvalue weighted by atomic mass is 9.88. The van der Waals surface area contributed by atoms with Crippen LogP contribution in [-0.2, 0) is 4.79 Å². The van der Waals surface area contributed by atoms with Gasteiger partial charge >= 0.3 is 0 Å². The van der Waals surface area contributed by atoms with E-state index in [4.69, 9.17) is 4.74 Å². The molecule has 0 aliphatic carbocycles. The Morgan fingerprint density at radius 2 is 2.00 bits per heavy atom. The third kappa shape index (κ3) is 5.16. The molecule has 2 saturated heterocycles. The van der Waals surface area contributed by atoms with Crippen molar-refractivity contribution in [3.63, 3.8) is 0 Å². The fraction of sp³-hybridized carbons (Fsp3) is 0.632. The van der Waals surface area contributed by atoms with Crippen LogP contribution in [-0.4, -0.2) is 56.2 Å². The van der Waals surface area contributed by atoms with Gasteiger partial charge in [0.15, 0.2) is 0 Å². The molecule has 1 aromatic rings. The number of nitrogens with one attached hydrogen (secondary N) is 2. The minimum absolute atomic E-state index is 0.100. The molecule has 0 spiro atoms. The van der Waals surface area contributed by atoms with Crippen molar-refractivity contribution >= 4 is 5.91 Å². The molecule has 2 N–H and O–H groups in total. The summed E-state index contributed by atoms with van der Waals surface area (Å²) in [6, 6.07) is 6.40. The van der Waals surface area contributed by atoms with Crippen molar-refractivity contribution in [3.8, 4) is 5.75 Å². The van der Waals surface area contributed by atoms with Crippen LogP contribution < -0.4 is 15.4 Å². The molecule has 5 nitrogen and oxygen atoms in total. The average Bonchev–Trinajstić information content (AvgIpc) is 2.56. The number of carbonyl (C=O) groups excluding carboxylic acids is 1. The molecule has 25 heavy (non-hydrogen) atoms. The summed E-state index contributed by atoms with van der Waals surface area (Å²) in [4.78, 5) is 14.6. The van der Waals surface area contributed by atoms with Gasteiger partial charge in [-0.05, 0) is 56.1 Å². The first-order chi connectivity index (χ1) is 12.1. The van der Waals surface area contributed by atoms with E-state index in [-0.39, 0.29) is 23.7 Å². The lowest BCUT2D eigenvalue weighted by Gasteiger charge is -2.35. The first-order valence-corrected chi connectivity index (χ1v) is 9.23. The molecule has 1 amide bonds. The molecule has 0 aromatic heterocycles. The molecule has 6 heteroatoms. The van der Waals surface area contributed by atoms with E-state index in [9.17, 15) is 9.18 Å². The molecule has 2 aliphatic rings. The Morgan fingerprint density at radius 1 is 1.32 bits per heavy atom. The van der Waals surface area contributed by atoms with E-state index < -0.39 is 0 Å². The zero-order valence-electron chi connectivity index (χ0n) is 14.8. The second-order valence-corrected chi connectivity index (χ2v) is 7.13. The van der Waals surface area contributed by atoms with Gasteiger partial charge in [0.1, 0.15) is 18.2 Å². The van der Waals surface area contributed by atoms with Gasteiger partial charge in [0.05, 0.1) is 0 Å². The van der Waals surface area contributed by atoms with Crippen LogP contribution in [0.3, 0.4) is 0 Å². The molecule has 1 aromatic carbocycles. The van der Waals surface area contributed by atoms with Gasteiger partial charge in [0, 0.05) is 31.6 Å². The van der Waals surface area contributed by atoms with Crippen molar-refractivity contribution < 1.29 is 13.9 Å². The van der Waals surface area contributed by atoms with E-state index in [0.29, 0.717) is 18.3 Å². The molecule has 2 heterocycles. The highest BCUT2D eigenvalue weighted by molar-refractivity contribution is 5.79. The molecule has 0 radical (unpaired) electrons. The fourth-order valence-electron chi connectivity index (χ4n) is 3.34. The molecule has 1 atom stereocenters.